The van der Waals surface area contributed by atoms with Crippen molar-refractivity contribution in [3.05, 3.63) is 98.6 Å². The molecule has 11 heteroatoms. The van der Waals surface area contributed by atoms with Gasteiger partial charge < -0.3 is 10.1 Å². The van der Waals surface area contributed by atoms with Crippen LogP contribution in [-0.4, -0.2) is 15.9 Å². The molecule has 31 heavy (non-hydrogen) atoms. The minimum atomic E-state index is -0.789. The zero-order chi connectivity index (χ0) is 22.2. The maximum absolute atomic E-state index is 12.0. The molecule has 0 saturated carbocycles. The minimum Gasteiger partial charge on any atom is -0.489 e. The van der Waals surface area contributed by atoms with E-state index in [0.717, 1.165) is 23.8 Å². The maximum atomic E-state index is 12.0. The van der Waals surface area contributed by atoms with Crippen molar-refractivity contribution in [3.63, 3.8) is 0 Å². The Kier molecular flexibility index (Phi) is 6.58. The second-order valence-corrected chi connectivity index (χ2v) is 6.22. The highest BCUT2D eigenvalue weighted by molar-refractivity contribution is 5.90. The Morgan fingerprint density at radius 1 is 0.903 bits per heavy atom. The zero-order valence-corrected chi connectivity index (χ0v) is 16.0. The van der Waals surface area contributed by atoms with Crippen LogP contribution in [0.4, 0.5) is 27.5 Å². The number of ether oxygens (including phenoxy) is 1. The molecule has 0 unspecified atom stereocenters. The predicted molar refractivity (Wildman–Crippen MR) is 113 cm³/mol. The van der Waals surface area contributed by atoms with Crippen molar-refractivity contribution in [1.82, 2.24) is 5.43 Å². The molecule has 3 aromatic carbocycles. The average Bonchev–Trinajstić information content (AvgIpc) is 2.77. The molecule has 0 bridgehead atoms. The molecule has 0 saturated heterocycles. The van der Waals surface area contributed by atoms with Crippen LogP contribution < -0.4 is 20.9 Å². The molecular formula is C20H17N5O6. The molecule has 0 spiro atoms. The Morgan fingerprint density at radius 3 is 2.26 bits per heavy atom. The second-order valence-electron chi connectivity index (χ2n) is 6.22. The Balaban J connectivity index is 1.54. The summed E-state index contributed by atoms with van der Waals surface area (Å²) >= 11 is 0. The molecule has 3 N–H and O–H groups in total. The van der Waals surface area contributed by atoms with E-state index in [0.29, 0.717) is 18.0 Å². The summed E-state index contributed by atoms with van der Waals surface area (Å²) in [5.74, 6) is 0.620. The molecule has 0 radical (unpaired) electrons. The molecule has 11 nitrogen and oxygen atoms in total. The molecule has 2 amide bonds. The van der Waals surface area contributed by atoms with Crippen LogP contribution in [0.3, 0.4) is 0 Å². The van der Waals surface area contributed by atoms with Gasteiger partial charge in [-0.05, 0) is 35.9 Å². The number of nitrogens with zero attached hydrogens (tertiary/aromatic N) is 2. The normalized spacial score (nSPS) is 10.1. The van der Waals surface area contributed by atoms with Crippen LogP contribution in [0.5, 0.6) is 5.75 Å². The van der Waals surface area contributed by atoms with Gasteiger partial charge >= 0.3 is 11.7 Å². The number of urea groups is 1. The lowest BCUT2D eigenvalue weighted by molar-refractivity contribution is -0.393. The first-order chi connectivity index (χ1) is 14.9. The summed E-state index contributed by atoms with van der Waals surface area (Å²) < 4.78 is 5.67. The van der Waals surface area contributed by atoms with Crippen LogP contribution in [0, 0.1) is 20.2 Å². The Labute approximate surface area is 175 Å². The van der Waals surface area contributed by atoms with Crippen molar-refractivity contribution >= 4 is 28.8 Å². The van der Waals surface area contributed by atoms with E-state index in [-0.39, 0.29) is 5.69 Å². The summed E-state index contributed by atoms with van der Waals surface area (Å²) in [5.41, 5.74) is 5.03. The molecule has 0 aromatic heterocycles. The lowest BCUT2D eigenvalue weighted by atomic mass is 10.2. The summed E-state index contributed by atoms with van der Waals surface area (Å²) in [7, 11) is 0. The van der Waals surface area contributed by atoms with Crippen molar-refractivity contribution in [2.45, 2.75) is 6.61 Å². The highest BCUT2D eigenvalue weighted by atomic mass is 16.6. The molecule has 0 heterocycles. The molecule has 0 aliphatic carbocycles. The number of non-ortho nitro benzene ring substituents is 1. The fourth-order valence-electron chi connectivity index (χ4n) is 2.55. The summed E-state index contributed by atoms with van der Waals surface area (Å²) in [6, 6.07) is 18.6. The average molecular weight is 423 g/mol. The number of hydrazine groups is 1. The second kappa shape index (κ2) is 9.69. The fraction of sp³-hybridized carbons (Fsp3) is 0.0500. The van der Waals surface area contributed by atoms with E-state index in [1.807, 2.05) is 30.3 Å². The summed E-state index contributed by atoms with van der Waals surface area (Å²) in [4.78, 5) is 32.4. The third-order valence-corrected chi connectivity index (χ3v) is 4.06. The highest BCUT2D eigenvalue weighted by Crippen LogP contribution is 2.28. The standard InChI is InChI=1S/C20H17N5O6/c26-20(23-22-18-11-8-16(24(27)28)12-19(18)25(29)30)21-15-6-9-17(10-7-15)31-13-14-4-2-1-3-5-14/h1-12,22H,13H2,(H2,21,23,26). The van der Waals surface area contributed by atoms with Crippen LogP contribution in [-0.2, 0) is 6.61 Å². The van der Waals surface area contributed by atoms with Gasteiger partial charge in [-0.2, -0.15) is 0 Å². The first kappa shape index (κ1) is 21.0. The molecule has 0 fully saturated rings. The number of nitro benzene ring substituents is 2. The number of benzene rings is 3. The molecule has 3 aromatic rings. The number of hydrogen-bond donors (Lipinski definition) is 3. The van der Waals surface area contributed by atoms with E-state index in [9.17, 15) is 25.0 Å². The minimum absolute atomic E-state index is 0.101. The van der Waals surface area contributed by atoms with Gasteiger partial charge in [0.2, 0.25) is 0 Å². The number of carbonyl (C=O) groups is 1. The number of carbonyl (C=O) groups excluding carboxylic acids is 1. The Morgan fingerprint density at radius 2 is 1.61 bits per heavy atom. The quantitative estimate of drug-likeness (QED) is 0.362. The van der Waals surface area contributed by atoms with Crippen molar-refractivity contribution < 1.29 is 19.4 Å². The number of anilines is 2. The number of amides is 2. The van der Waals surface area contributed by atoms with Crippen LogP contribution in [0.25, 0.3) is 0 Å². The largest absolute Gasteiger partial charge is 0.489 e. The van der Waals surface area contributed by atoms with E-state index >= 15 is 0 Å². The van der Waals surface area contributed by atoms with E-state index in [1.165, 1.54) is 0 Å². The molecule has 0 aliphatic heterocycles. The lowest BCUT2D eigenvalue weighted by Gasteiger charge is -2.11. The maximum Gasteiger partial charge on any atom is 0.337 e. The summed E-state index contributed by atoms with van der Waals surface area (Å²) in [6.07, 6.45) is 0. The summed E-state index contributed by atoms with van der Waals surface area (Å²) in [5, 5.41) is 24.4. The molecule has 0 aliphatic rings. The first-order valence-electron chi connectivity index (χ1n) is 8.95. The fourth-order valence-corrected chi connectivity index (χ4v) is 2.55. The molecular weight excluding hydrogens is 406 g/mol. The highest BCUT2D eigenvalue weighted by Gasteiger charge is 2.19. The lowest BCUT2D eigenvalue weighted by Crippen LogP contribution is -2.33. The van der Waals surface area contributed by atoms with Gasteiger partial charge in [0.25, 0.3) is 5.69 Å². The van der Waals surface area contributed by atoms with Gasteiger partial charge in [-0.25, -0.2) is 4.79 Å². The Bertz CT molecular complexity index is 1090. The topological polar surface area (TPSA) is 149 Å². The van der Waals surface area contributed by atoms with Crippen molar-refractivity contribution in [2.75, 3.05) is 10.7 Å². The molecule has 0 atom stereocenters. The van der Waals surface area contributed by atoms with Crippen molar-refractivity contribution in [1.29, 1.82) is 0 Å². The number of nitro groups is 2. The van der Waals surface area contributed by atoms with Gasteiger partial charge in [0, 0.05) is 11.8 Å². The number of hydrogen-bond acceptors (Lipinski definition) is 7. The van der Waals surface area contributed by atoms with Crippen LogP contribution >= 0.6 is 0 Å². The third kappa shape index (κ3) is 5.90. The predicted octanol–water partition coefficient (Wildman–Crippen LogP) is 4.23. The van der Waals surface area contributed by atoms with E-state index < -0.39 is 27.3 Å². The Hall–Kier alpha value is -4.67. The zero-order valence-electron chi connectivity index (χ0n) is 16.0. The molecule has 158 valence electrons. The van der Waals surface area contributed by atoms with Crippen LogP contribution in [0.15, 0.2) is 72.8 Å². The number of rotatable bonds is 8. The van der Waals surface area contributed by atoms with Gasteiger partial charge in [0.05, 0.1) is 15.9 Å². The summed E-state index contributed by atoms with van der Waals surface area (Å²) in [6.45, 7) is 0.409. The monoisotopic (exact) mass is 423 g/mol. The van der Waals surface area contributed by atoms with Gasteiger partial charge in [-0.3, -0.25) is 31.1 Å². The van der Waals surface area contributed by atoms with Crippen molar-refractivity contribution in [3.8, 4) is 5.75 Å². The van der Waals surface area contributed by atoms with Gasteiger partial charge in [-0.1, -0.05) is 30.3 Å². The van der Waals surface area contributed by atoms with Crippen LogP contribution in [0.1, 0.15) is 5.56 Å². The smallest absolute Gasteiger partial charge is 0.337 e. The van der Waals surface area contributed by atoms with Gasteiger partial charge in [-0.15, -0.1) is 0 Å². The van der Waals surface area contributed by atoms with Gasteiger partial charge in [0.1, 0.15) is 18.0 Å². The van der Waals surface area contributed by atoms with E-state index in [2.05, 4.69) is 16.2 Å². The first-order valence-corrected chi connectivity index (χ1v) is 8.95. The van der Waals surface area contributed by atoms with Crippen molar-refractivity contribution in [2.24, 2.45) is 0 Å². The SMILES string of the molecule is O=C(NNc1ccc([N+](=O)[O-])cc1[N+](=O)[O-])Nc1ccc(OCc2ccccc2)cc1. The third-order valence-electron chi connectivity index (χ3n) is 4.06. The number of nitrogens with one attached hydrogen (secondary N) is 3. The van der Waals surface area contributed by atoms with Gasteiger partial charge in [0.15, 0.2) is 0 Å². The van der Waals surface area contributed by atoms with Crippen LogP contribution in [0.2, 0.25) is 0 Å². The molecule has 3 rings (SSSR count). The van der Waals surface area contributed by atoms with E-state index in [4.69, 9.17) is 4.74 Å². The van der Waals surface area contributed by atoms with E-state index in [1.54, 1.807) is 24.3 Å².